The number of nitrogens with one attached hydrogen (secondary N) is 2. The molecule has 2 amide bonds. The molecule has 0 saturated heterocycles. The normalized spacial score (nSPS) is 15.0. The molecule has 0 spiro atoms. The highest BCUT2D eigenvalue weighted by atomic mass is 35.5. The van der Waals surface area contributed by atoms with Gasteiger partial charge in [-0.3, -0.25) is 9.59 Å². The van der Waals surface area contributed by atoms with E-state index in [1.807, 2.05) is 6.92 Å². The molecule has 0 aliphatic carbocycles. The van der Waals surface area contributed by atoms with Crippen LogP contribution in [-0.2, 0) is 11.2 Å². The maximum atomic E-state index is 13.9. The molecule has 0 saturated carbocycles. The number of carbonyl (C=O) groups is 2. The molecule has 8 heteroatoms. The number of rotatable bonds is 6. The van der Waals surface area contributed by atoms with Crippen LogP contribution in [-0.4, -0.2) is 23.0 Å². The number of amides is 2. The van der Waals surface area contributed by atoms with Crippen LogP contribution in [0.3, 0.4) is 0 Å². The lowest BCUT2D eigenvalue weighted by Gasteiger charge is -2.25. The van der Waals surface area contributed by atoms with Crippen LogP contribution in [0.4, 0.5) is 14.5 Å². The SMILES string of the molecule is CCCC(NC(=O)c1ccc(F)c2c1CC(=O)N2)C(O)c1cccc(F)c1Cl. The van der Waals surface area contributed by atoms with Gasteiger partial charge in [0.1, 0.15) is 17.7 Å². The fourth-order valence-corrected chi connectivity index (χ4v) is 3.56. The van der Waals surface area contributed by atoms with E-state index >= 15 is 0 Å². The molecule has 3 N–H and O–H groups in total. The summed E-state index contributed by atoms with van der Waals surface area (Å²) in [7, 11) is 0. The number of aliphatic hydroxyl groups excluding tert-OH is 1. The van der Waals surface area contributed by atoms with E-state index in [1.54, 1.807) is 0 Å². The van der Waals surface area contributed by atoms with Gasteiger partial charge < -0.3 is 15.7 Å². The summed E-state index contributed by atoms with van der Waals surface area (Å²) < 4.78 is 27.6. The third-order valence-electron chi connectivity index (χ3n) is 4.71. The number of carbonyl (C=O) groups excluding carboxylic acids is 2. The Morgan fingerprint density at radius 3 is 2.75 bits per heavy atom. The van der Waals surface area contributed by atoms with Crippen molar-refractivity contribution >= 4 is 29.1 Å². The Labute approximate surface area is 165 Å². The molecule has 3 rings (SSSR count). The number of hydrogen-bond acceptors (Lipinski definition) is 3. The number of halogens is 3. The highest BCUT2D eigenvalue weighted by Gasteiger charge is 2.30. The summed E-state index contributed by atoms with van der Waals surface area (Å²) in [6.07, 6.45) is -0.302. The van der Waals surface area contributed by atoms with Crippen molar-refractivity contribution in [3.8, 4) is 0 Å². The van der Waals surface area contributed by atoms with Crippen molar-refractivity contribution < 1.29 is 23.5 Å². The number of fused-ring (bicyclic) bond motifs is 1. The number of anilines is 1. The minimum Gasteiger partial charge on any atom is -0.386 e. The van der Waals surface area contributed by atoms with E-state index in [1.165, 1.54) is 24.3 Å². The van der Waals surface area contributed by atoms with Gasteiger partial charge in [-0.05, 0) is 24.6 Å². The zero-order chi connectivity index (χ0) is 20.4. The summed E-state index contributed by atoms with van der Waals surface area (Å²) in [6, 6.07) is 5.75. The molecule has 1 heterocycles. The molecule has 0 aromatic heterocycles. The maximum Gasteiger partial charge on any atom is 0.251 e. The summed E-state index contributed by atoms with van der Waals surface area (Å²) >= 11 is 5.96. The standard InChI is InChI=1S/C20H19ClF2N2O3/c1-2-4-15(19(27)11-5-3-6-13(22)17(11)21)24-20(28)10-7-8-14(23)18-12(10)9-16(26)25-18/h3,5-8,15,19,27H,2,4,9H2,1H3,(H,24,28)(H,25,26). The zero-order valence-corrected chi connectivity index (χ0v) is 15.8. The highest BCUT2D eigenvalue weighted by Crippen LogP contribution is 2.31. The molecule has 2 atom stereocenters. The molecule has 0 bridgehead atoms. The second-order valence-electron chi connectivity index (χ2n) is 6.63. The van der Waals surface area contributed by atoms with Crippen LogP contribution in [0.25, 0.3) is 0 Å². The van der Waals surface area contributed by atoms with E-state index in [0.29, 0.717) is 12.8 Å². The molecule has 2 unspecified atom stereocenters. The molecule has 1 aliphatic rings. The van der Waals surface area contributed by atoms with Gasteiger partial charge in [0, 0.05) is 16.7 Å². The van der Waals surface area contributed by atoms with Crippen molar-refractivity contribution in [1.29, 1.82) is 0 Å². The molecule has 0 radical (unpaired) electrons. The van der Waals surface area contributed by atoms with E-state index in [-0.39, 0.29) is 33.8 Å². The first-order chi connectivity index (χ1) is 13.3. The van der Waals surface area contributed by atoms with Crippen molar-refractivity contribution in [2.24, 2.45) is 0 Å². The number of benzene rings is 2. The van der Waals surface area contributed by atoms with Gasteiger partial charge in [0.05, 0.1) is 23.2 Å². The van der Waals surface area contributed by atoms with Gasteiger partial charge in [-0.2, -0.15) is 0 Å². The zero-order valence-electron chi connectivity index (χ0n) is 15.1. The summed E-state index contributed by atoms with van der Waals surface area (Å²) in [4.78, 5) is 24.4. The van der Waals surface area contributed by atoms with E-state index < -0.39 is 35.6 Å². The van der Waals surface area contributed by atoms with E-state index in [0.717, 1.165) is 6.07 Å². The lowest BCUT2D eigenvalue weighted by molar-refractivity contribution is -0.115. The predicted octanol–water partition coefficient (Wildman–Crippen LogP) is 3.74. The van der Waals surface area contributed by atoms with Crippen LogP contribution >= 0.6 is 11.6 Å². The lowest BCUT2D eigenvalue weighted by atomic mass is 9.97. The van der Waals surface area contributed by atoms with Crippen molar-refractivity contribution in [3.05, 3.63) is 63.7 Å². The van der Waals surface area contributed by atoms with Crippen LogP contribution in [0.2, 0.25) is 5.02 Å². The number of hydrogen-bond donors (Lipinski definition) is 3. The maximum absolute atomic E-state index is 13.9. The van der Waals surface area contributed by atoms with Crippen LogP contribution in [0.15, 0.2) is 30.3 Å². The van der Waals surface area contributed by atoms with Gasteiger partial charge in [0.15, 0.2) is 0 Å². The first kappa shape index (κ1) is 20.2. The minimum absolute atomic E-state index is 0.00147. The molecular formula is C20H19ClF2N2O3. The molecule has 28 heavy (non-hydrogen) atoms. The Morgan fingerprint density at radius 2 is 2.04 bits per heavy atom. The van der Waals surface area contributed by atoms with E-state index in [9.17, 15) is 23.5 Å². The summed E-state index contributed by atoms with van der Waals surface area (Å²) in [6.45, 7) is 1.87. The fraction of sp³-hybridized carbons (Fsp3) is 0.300. The van der Waals surface area contributed by atoms with Crippen molar-refractivity contribution in [3.63, 3.8) is 0 Å². The van der Waals surface area contributed by atoms with Crippen molar-refractivity contribution in [2.45, 2.75) is 38.3 Å². The predicted molar refractivity (Wildman–Crippen MR) is 101 cm³/mol. The fourth-order valence-electron chi connectivity index (χ4n) is 3.33. The van der Waals surface area contributed by atoms with Gasteiger partial charge in [-0.25, -0.2) is 8.78 Å². The third-order valence-corrected chi connectivity index (χ3v) is 5.10. The third kappa shape index (κ3) is 3.86. The Morgan fingerprint density at radius 1 is 1.29 bits per heavy atom. The second kappa shape index (κ2) is 8.24. The van der Waals surface area contributed by atoms with Crippen LogP contribution in [0, 0.1) is 11.6 Å². The quantitative estimate of drug-likeness (QED) is 0.681. The summed E-state index contributed by atoms with van der Waals surface area (Å²) in [5.74, 6) is -2.24. The molecule has 1 aliphatic heterocycles. The van der Waals surface area contributed by atoms with Crippen molar-refractivity contribution in [2.75, 3.05) is 5.32 Å². The first-order valence-corrected chi connectivity index (χ1v) is 9.25. The Hall–Kier alpha value is -2.51. The molecule has 5 nitrogen and oxygen atoms in total. The summed E-state index contributed by atoms with van der Waals surface area (Å²) in [5.41, 5.74) is 0.587. The average molecular weight is 409 g/mol. The Kier molecular flexibility index (Phi) is 5.96. The second-order valence-corrected chi connectivity index (χ2v) is 7.01. The van der Waals surface area contributed by atoms with E-state index in [4.69, 9.17) is 11.6 Å². The molecular weight excluding hydrogens is 390 g/mol. The van der Waals surface area contributed by atoms with Gasteiger partial charge in [0.2, 0.25) is 5.91 Å². The van der Waals surface area contributed by atoms with E-state index in [2.05, 4.69) is 10.6 Å². The Bertz CT molecular complexity index is 936. The first-order valence-electron chi connectivity index (χ1n) is 8.87. The largest absolute Gasteiger partial charge is 0.386 e. The summed E-state index contributed by atoms with van der Waals surface area (Å²) in [5, 5.41) is 15.6. The average Bonchev–Trinajstić information content (AvgIpc) is 3.05. The smallest absolute Gasteiger partial charge is 0.251 e. The van der Waals surface area contributed by atoms with Crippen LogP contribution in [0.5, 0.6) is 0 Å². The van der Waals surface area contributed by atoms with Gasteiger partial charge in [-0.1, -0.05) is 37.1 Å². The van der Waals surface area contributed by atoms with Crippen molar-refractivity contribution in [1.82, 2.24) is 5.32 Å². The molecule has 2 aromatic carbocycles. The Balaban J connectivity index is 1.88. The lowest BCUT2D eigenvalue weighted by Crippen LogP contribution is -2.39. The van der Waals surface area contributed by atoms with Gasteiger partial charge in [0.25, 0.3) is 5.91 Å². The van der Waals surface area contributed by atoms with Crippen LogP contribution < -0.4 is 10.6 Å². The van der Waals surface area contributed by atoms with Gasteiger partial charge >= 0.3 is 0 Å². The minimum atomic E-state index is -1.24. The monoisotopic (exact) mass is 408 g/mol. The van der Waals surface area contributed by atoms with Crippen LogP contribution in [0.1, 0.15) is 47.4 Å². The topological polar surface area (TPSA) is 78.4 Å². The molecule has 0 fully saturated rings. The number of aliphatic hydroxyl groups is 1. The van der Waals surface area contributed by atoms with Gasteiger partial charge in [-0.15, -0.1) is 0 Å². The highest BCUT2D eigenvalue weighted by molar-refractivity contribution is 6.31. The molecule has 2 aromatic rings. The molecule has 148 valence electrons.